The van der Waals surface area contributed by atoms with Crippen molar-refractivity contribution in [3.63, 3.8) is 0 Å². The highest BCUT2D eigenvalue weighted by molar-refractivity contribution is 5.59. The topological polar surface area (TPSA) is 28.7 Å². The Morgan fingerprint density at radius 1 is 1.09 bits per heavy atom. The van der Waals surface area contributed by atoms with Crippen LogP contribution in [-0.4, -0.2) is 4.57 Å². The van der Waals surface area contributed by atoms with Crippen LogP contribution in [0.3, 0.4) is 0 Å². The van der Waals surface area contributed by atoms with Crippen molar-refractivity contribution in [2.75, 3.05) is 0 Å². The monoisotopic (exact) mass is 306 g/mol. The van der Waals surface area contributed by atoms with Crippen LogP contribution < -0.4 is 0 Å². The fourth-order valence-electron chi connectivity index (χ4n) is 4.89. The standard InChI is InChI=1S/C21H26N2/c1-7-16-10-8-9-11-17(16)23-14(2)18-19(15(23)3)21(6,13-22)12-20(18,4)5/h8-11H,7,12H2,1-6H3. The van der Waals surface area contributed by atoms with Gasteiger partial charge in [0, 0.05) is 17.1 Å². The van der Waals surface area contributed by atoms with Gasteiger partial charge in [-0.2, -0.15) is 5.26 Å². The molecule has 3 rings (SSSR count). The molecule has 0 saturated heterocycles. The van der Waals surface area contributed by atoms with E-state index in [0.717, 1.165) is 12.8 Å². The van der Waals surface area contributed by atoms with Gasteiger partial charge in [-0.25, -0.2) is 0 Å². The van der Waals surface area contributed by atoms with Crippen molar-refractivity contribution >= 4 is 0 Å². The van der Waals surface area contributed by atoms with E-state index < -0.39 is 0 Å². The molecule has 23 heavy (non-hydrogen) atoms. The number of aromatic nitrogens is 1. The van der Waals surface area contributed by atoms with Crippen molar-refractivity contribution in [2.24, 2.45) is 0 Å². The normalized spacial score (nSPS) is 22.0. The predicted molar refractivity (Wildman–Crippen MR) is 95.2 cm³/mol. The quantitative estimate of drug-likeness (QED) is 0.757. The van der Waals surface area contributed by atoms with Gasteiger partial charge in [0.15, 0.2) is 0 Å². The average molecular weight is 306 g/mol. The van der Waals surface area contributed by atoms with E-state index in [1.54, 1.807) is 0 Å². The van der Waals surface area contributed by atoms with E-state index in [2.05, 4.69) is 76.4 Å². The fraction of sp³-hybridized carbons (Fsp3) is 0.476. The van der Waals surface area contributed by atoms with E-state index in [-0.39, 0.29) is 10.8 Å². The number of hydrogen-bond donors (Lipinski definition) is 0. The summed E-state index contributed by atoms with van der Waals surface area (Å²) in [6, 6.07) is 11.2. The van der Waals surface area contributed by atoms with Crippen LogP contribution in [0.15, 0.2) is 24.3 Å². The molecule has 0 spiro atoms. The van der Waals surface area contributed by atoms with Crippen LogP contribution in [0, 0.1) is 25.2 Å². The Hall–Kier alpha value is -2.01. The predicted octanol–water partition coefficient (Wildman–Crippen LogP) is 5.12. The van der Waals surface area contributed by atoms with E-state index in [9.17, 15) is 5.26 Å². The first-order chi connectivity index (χ1) is 10.8. The van der Waals surface area contributed by atoms with Crippen molar-refractivity contribution in [2.45, 2.75) is 65.2 Å². The van der Waals surface area contributed by atoms with Gasteiger partial charge in [0.25, 0.3) is 0 Å². The minimum absolute atomic E-state index is 0.0427. The van der Waals surface area contributed by atoms with Crippen molar-refractivity contribution in [1.29, 1.82) is 5.26 Å². The van der Waals surface area contributed by atoms with Gasteiger partial charge in [-0.05, 0) is 61.8 Å². The van der Waals surface area contributed by atoms with Crippen LogP contribution >= 0.6 is 0 Å². The van der Waals surface area contributed by atoms with Gasteiger partial charge in [-0.15, -0.1) is 0 Å². The van der Waals surface area contributed by atoms with Crippen molar-refractivity contribution < 1.29 is 0 Å². The lowest BCUT2D eigenvalue weighted by Gasteiger charge is -2.25. The second-order valence-corrected chi connectivity index (χ2v) is 7.74. The maximum absolute atomic E-state index is 9.84. The summed E-state index contributed by atoms with van der Waals surface area (Å²) < 4.78 is 2.38. The first kappa shape index (κ1) is 15.9. The molecule has 0 aliphatic heterocycles. The summed E-state index contributed by atoms with van der Waals surface area (Å²) in [6.07, 6.45) is 1.91. The van der Waals surface area contributed by atoms with Gasteiger partial charge < -0.3 is 4.57 Å². The molecule has 1 aromatic heterocycles. The van der Waals surface area contributed by atoms with Crippen LogP contribution in [0.5, 0.6) is 0 Å². The molecule has 2 nitrogen and oxygen atoms in total. The number of aryl methyl sites for hydroxylation is 1. The third-order valence-corrected chi connectivity index (χ3v) is 5.53. The third-order valence-electron chi connectivity index (χ3n) is 5.53. The molecule has 0 N–H and O–H groups in total. The molecule has 1 aliphatic rings. The number of fused-ring (bicyclic) bond motifs is 1. The molecule has 1 unspecified atom stereocenters. The van der Waals surface area contributed by atoms with Crippen LogP contribution in [0.4, 0.5) is 0 Å². The Labute approximate surface area is 139 Å². The van der Waals surface area contributed by atoms with Gasteiger partial charge in [-0.1, -0.05) is 39.0 Å². The molecular weight excluding hydrogens is 280 g/mol. The van der Waals surface area contributed by atoms with Crippen LogP contribution in [0.1, 0.15) is 62.2 Å². The van der Waals surface area contributed by atoms with Crippen LogP contribution in [0.2, 0.25) is 0 Å². The van der Waals surface area contributed by atoms with Gasteiger partial charge >= 0.3 is 0 Å². The number of rotatable bonds is 2. The molecule has 2 aromatic rings. The first-order valence-corrected chi connectivity index (χ1v) is 8.49. The van der Waals surface area contributed by atoms with Gasteiger partial charge in [0.05, 0.1) is 11.5 Å². The Morgan fingerprint density at radius 2 is 1.70 bits per heavy atom. The van der Waals surface area contributed by atoms with Gasteiger partial charge in [-0.3, -0.25) is 0 Å². The fourth-order valence-corrected chi connectivity index (χ4v) is 4.89. The molecule has 1 atom stereocenters. The van der Waals surface area contributed by atoms with Crippen molar-refractivity contribution in [3.8, 4) is 11.8 Å². The summed E-state index contributed by atoms with van der Waals surface area (Å²) in [6.45, 7) is 13.2. The number of nitrogens with zero attached hydrogens (tertiary/aromatic N) is 2. The lowest BCUT2D eigenvalue weighted by molar-refractivity contribution is 0.434. The Balaban J connectivity index is 2.37. The zero-order chi connectivity index (χ0) is 17.0. The Morgan fingerprint density at radius 3 is 2.30 bits per heavy atom. The van der Waals surface area contributed by atoms with E-state index in [1.165, 1.54) is 33.8 Å². The highest BCUT2D eigenvalue weighted by atomic mass is 15.0. The van der Waals surface area contributed by atoms with E-state index in [1.807, 2.05) is 0 Å². The minimum atomic E-state index is -0.389. The van der Waals surface area contributed by atoms with E-state index in [0.29, 0.717) is 0 Å². The summed E-state index contributed by atoms with van der Waals surface area (Å²) in [5.41, 5.74) is 7.43. The number of benzene rings is 1. The largest absolute Gasteiger partial charge is 0.318 e. The SMILES string of the molecule is CCc1ccccc1-n1c(C)c2c(c1C)C(C)(C#N)CC2(C)C. The summed E-state index contributed by atoms with van der Waals surface area (Å²) in [4.78, 5) is 0. The van der Waals surface area contributed by atoms with Gasteiger partial charge in [0.1, 0.15) is 0 Å². The second-order valence-electron chi connectivity index (χ2n) is 7.74. The Kier molecular flexibility index (Phi) is 3.45. The second kappa shape index (κ2) is 4.99. The molecular formula is C21H26N2. The smallest absolute Gasteiger partial charge is 0.0822 e. The zero-order valence-electron chi connectivity index (χ0n) is 15.1. The summed E-state index contributed by atoms with van der Waals surface area (Å²) in [5, 5.41) is 9.84. The highest BCUT2D eigenvalue weighted by Crippen LogP contribution is 2.53. The van der Waals surface area contributed by atoms with Gasteiger partial charge in [0.2, 0.25) is 0 Å². The molecule has 0 amide bonds. The molecule has 0 radical (unpaired) electrons. The van der Waals surface area contributed by atoms with E-state index in [4.69, 9.17) is 0 Å². The average Bonchev–Trinajstić information content (AvgIpc) is 2.91. The molecule has 0 fully saturated rings. The number of nitriles is 1. The summed E-state index contributed by atoms with van der Waals surface area (Å²) in [5.74, 6) is 0. The number of para-hydroxylation sites is 1. The van der Waals surface area contributed by atoms with E-state index >= 15 is 0 Å². The summed E-state index contributed by atoms with van der Waals surface area (Å²) >= 11 is 0. The molecule has 1 aliphatic carbocycles. The molecule has 2 heteroatoms. The zero-order valence-corrected chi connectivity index (χ0v) is 15.1. The molecule has 1 aromatic carbocycles. The first-order valence-electron chi connectivity index (χ1n) is 8.49. The van der Waals surface area contributed by atoms with Crippen molar-refractivity contribution in [3.05, 3.63) is 52.3 Å². The maximum Gasteiger partial charge on any atom is 0.0822 e. The lowest BCUT2D eigenvalue weighted by atomic mass is 9.80. The highest BCUT2D eigenvalue weighted by Gasteiger charge is 2.49. The lowest BCUT2D eigenvalue weighted by Crippen LogP contribution is -2.22. The van der Waals surface area contributed by atoms with Crippen LogP contribution in [0.25, 0.3) is 5.69 Å². The third kappa shape index (κ3) is 2.06. The molecule has 1 heterocycles. The van der Waals surface area contributed by atoms with Crippen LogP contribution in [-0.2, 0) is 17.3 Å². The minimum Gasteiger partial charge on any atom is -0.318 e. The van der Waals surface area contributed by atoms with Crippen molar-refractivity contribution in [1.82, 2.24) is 4.57 Å². The maximum atomic E-state index is 9.84. The summed E-state index contributed by atoms with van der Waals surface area (Å²) in [7, 11) is 0. The molecule has 120 valence electrons. The Bertz CT molecular complexity index is 817. The number of hydrogen-bond acceptors (Lipinski definition) is 1. The molecule has 0 bridgehead atoms. The molecule has 0 saturated carbocycles.